The molecule has 0 unspecified atom stereocenters. The van der Waals surface area contributed by atoms with Crippen LogP contribution in [0.3, 0.4) is 0 Å². The van der Waals surface area contributed by atoms with Crippen molar-refractivity contribution < 1.29 is 0 Å². The minimum atomic E-state index is 0.787. The molecule has 1 aromatic heterocycles. The van der Waals surface area contributed by atoms with Crippen LogP contribution in [0.4, 0.5) is 5.13 Å². The summed E-state index contributed by atoms with van der Waals surface area (Å²) in [6, 6.07) is 0.787. The average molecular weight is 251 g/mol. The Bertz CT molecular complexity index is 366. The molecule has 2 heterocycles. The van der Waals surface area contributed by atoms with Crippen LogP contribution in [0, 0.1) is 12.8 Å². The first-order valence-corrected chi connectivity index (χ1v) is 7.60. The maximum Gasteiger partial charge on any atom is 0.185 e. The fraction of sp³-hybridized carbons (Fsp3) is 0.769. The lowest BCUT2D eigenvalue weighted by Gasteiger charge is -2.30. The van der Waals surface area contributed by atoms with Crippen LogP contribution in [0.15, 0.2) is 5.38 Å². The van der Waals surface area contributed by atoms with Gasteiger partial charge in [0.15, 0.2) is 5.13 Å². The zero-order chi connectivity index (χ0) is 11.7. The summed E-state index contributed by atoms with van der Waals surface area (Å²) in [4.78, 5) is 7.24. The van der Waals surface area contributed by atoms with Crippen LogP contribution in [0.5, 0.6) is 0 Å². The predicted molar refractivity (Wildman–Crippen MR) is 72.8 cm³/mol. The number of rotatable bonds is 4. The second-order valence-electron chi connectivity index (χ2n) is 5.35. The zero-order valence-corrected chi connectivity index (χ0v) is 11.3. The highest BCUT2D eigenvalue weighted by Gasteiger charge is 2.32. The van der Waals surface area contributed by atoms with Crippen LogP contribution < -0.4 is 10.2 Å². The zero-order valence-electron chi connectivity index (χ0n) is 10.5. The third-order valence-corrected chi connectivity index (χ3v) is 4.75. The van der Waals surface area contributed by atoms with Gasteiger partial charge in [0, 0.05) is 18.0 Å². The van der Waals surface area contributed by atoms with Gasteiger partial charge in [-0.05, 0) is 51.6 Å². The van der Waals surface area contributed by atoms with Crippen molar-refractivity contribution in [3.63, 3.8) is 0 Å². The molecule has 4 heteroatoms. The van der Waals surface area contributed by atoms with Crippen LogP contribution in [0.1, 0.15) is 31.4 Å². The Morgan fingerprint density at radius 1 is 1.35 bits per heavy atom. The fourth-order valence-corrected chi connectivity index (χ4v) is 3.47. The standard InChI is InChI=1S/C13H21N3S/c1-10-9-17-13(15-10)16(12-2-3-12)8-11-4-6-14-7-5-11/h9,11-12,14H,2-8H2,1H3. The van der Waals surface area contributed by atoms with E-state index in [1.54, 1.807) is 0 Å². The molecule has 0 amide bonds. The van der Waals surface area contributed by atoms with Gasteiger partial charge in [0.25, 0.3) is 0 Å². The van der Waals surface area contributed by atoms with E-state index < -0.39 is 0 Å². The monoisotopic (exact) mass is 251 g/mol. The van der Waals surface area contributed by atoms with Crippen molar-refractivity contribution in [1.29, 1.82) is 0 Å². The van der Waals surface area contributed by atoms with Crippen LogP contribution in [0.25, 0.3) is 0 Å². The third-order valence-electron chi connectivity index (χ3n) is 3.75. The van der Waals surface area contributed by atoms with Crippen molar-refractivity contribution in [3.8, 4) is 0 Å². The van der Waals surface area contributed by atoms with E-state index in [4.69, 9.17) is 0 Å². The van der Waals surface area contributed by atoms with Crippen molar-refractivity contribution in [3.05, 3.63) is 11.1 Å². The number of hydrogen-bond donors (Lipinski definition) is 1. The van der Waals surface area contributed by atoms with E-state index in [-0.39, 0.29) is 0 Å². The molecule has 1 aromatic rings. The van der Waals surface area contributed by atoms with Gasteiger partial charge >= 0.3 is 0 Å². The predicted octanol–water partition coefficient (Wildman–Crippen LogP) is 2.42. The smallest absolute Gasteiger partial charge is 0.185 e. The van der Waals surface area contributed by atoms with Gasteiger partial charge < -0.3 is 10.2 Å². The number of hydrogen-bond acceptors (Lipinski definition) is 4. The summed E-state index contributed by atoms with van der Waals surface area (Å²) in [6.45, 7) is 5.70. The van der Waals surface area contributed by atoms with Crippen LogP contribution in [-0.2, 0) is 0 Å². The number of aromatic nitrogens is 1. The van der Waals surface area contributed by atoms with Crippen molar-refractivity contribution in [1.82, 2.24) is 10.3 Å². The number of aryl methyl sites for hydroxylation is 1. The lowest BCUT2D eigenvalue weighted by molar-refractivity contribution is 0.372. The molecule has 2 fully saturated rings. The Morgan fingerprint density at radius 3 is 2.71 bits per heavy atom. The van der Waals surface area contributed by atoms with E-state index in [1.165, 1.54) is 56.1 Å². The fourth-order valence-electron chi connectivity index (χ4n) is 2.59. The van der Waals surface area contributed by atoms with Crippen LogP contribution in [0.2, 0.25) is 0 Å². The molecule has 1 N–H and O–H groups in total. The maximum absolute atomic E-state index is 4.67. The molecule has 1 aliphatic heterocycles. The summed E-state index contributed by atoms with van der Waals surface area (Å²) >= 11 is 1.81. The van der Waals surface area contributed by atoms with Gasteiger partial charge in [-0.1, -0.05) is 0 Å². The molecule has 17 heavy (non-hydrogen) atoms. The lowest BCUT2D eigenvalue weighted by Crippen LogP contribution is -2.37. The first-order chi connectivity index (χ1) is 8.33. The number of nitrogens with zero attached hydrogens (tertiary/aromatic N) is 2. The van der Waals surface area contributed by atoms with E-state index in [2.05, 4.69) is 27.5 Å². The molecular weight excluding hydrogens is 230 g/mol. The number of piperidine rings is 1. The normalized spacial score (nSPS) is 21.7. The Balaban J connectivity index is 1.67. The van der Waals surface area contributed by atoms with Gasteiger partial charge in [-0.3, -0.25) is 0 Å². The molecule has 3 nitrogen and oxygen atoms in total. The van der Waals surface area contributed by atoms with Crippen molar-refractivity contribution in [2.24, 2.45) is 5.92 Å². The Labute approximate surface area is 107 Å². The molecule has 3 rings (SSSR count). The highest BCUT2D eigenvalue weighted by molar-refractivity contribution is 7.13. The van der Waals surface area contributed by atoms with E-state index in [1.807, 2.05) is 11.3 Å². The van der Waals surface area contributed by atoms with Crippen molar-refractivity contribution >= 4 is 16.5 Å². The molecule has 1 aliphatic carbocycles. The molecule has 0 spiro atoms. The summed E-state index contributed by atoms with van der Waals surface area (Å²) in [7, 11) is 0. The molecule has 1 saturated carbocycles. The van der Waals surface area contributed by atoms with Crippen molar-refractivity contribution in [2.75, 3.05) is 24.5 Å². The largest absolute Gasteiger partial charge is 0.345 e. The van der Waals surface area contributed by atoms with Gasteiger partial charge in [0.1, 0.15) is 0 Å². The van der Waals surface area contributed by atoms with E-state index in [9.17, 15) is 0 Å². The highest BCUT2D eigenvalue weighted by atomic mass is 32.1. The molecule has 0 aromatic carbocycles. The number of anilines is 1. The second-order valence-corrected chi connectivity index (χ2v) is 6.18. The summed E-state index contributed by atoms with van der Waals surface area (Å²) in [5.74, 6) is 0.862. The summed E-state index contributed by atoms with van der Waals surface area (Å²) in [5, 5.41) is 6.87. The Kier molecular flexibility index (Phi) is 3.34. The summed E-state index contributed by atoms with van der Waals surface area (Å²) < 4.78 is 0. The molecule has 0 radical (unpaired) electrons. The SMILES string of the molecule is Cc1csc(N(CC2CCNCC2)C2CC2)n1. The molecule has 2 aliphatic rings. The first kappa shape index (κ1) is 11.5. The average Bonchev–Trinajstić information content (AvgIpc) is 3.10. The summed E-state index contributed by atoms with van der Waals surface area (Å²) in [5.41, 5.74) is 1.17. The second kappa shape index (κ2) is 4.94. The molecule has 0 atom stereocenters. The van der Waals surface area contributed by atoms with Gasteiger partial charge in [0.05, 0.1) is 5.69 Å². The van der Waals surface area contributed by atoms with E-state index in [0.717, 1.165) is 12.0 Å². The number of nitrogens with one attached hydrogen (secondary N) is 1. The van der Waals surface area contributed by atoms with Crippen molar-refractivity contribution in [2.45, 2.75) is 38.6 Å². The molecule has 1 saturated heterocycles. The van der Waals surface area contributed by atoms with Gasteiger partial charge in [0.2, 0.25) is 0 Å². The van der Waals surface area contributed by atoms with Crippen LogP contribution in [-0.4, -0.2) is 30.7 Å². The van der Waals surface area contributed by atoms with Gasteiger partial charge in [-0.15, -0.1) is 11.3 Å². The quantitative estimate of drug-likeness (QED) is 0.891. The van der Waals surface area contributed by atoms with Gasteiger partial charge in [-0.25, -0.2) is 4.98 Å². The number of thiazole rings is 1. The van der Waals surface area contributed by atoms with E-state index in [0.29, 0.717) is 0 Å². The first-order valence-electron chi connectivity index (χ1n) is 6.72. The van der Waals surface area contributed by atoms with Gasteiger partial charge in [-0.2, -0.15) is 0 Å². The molecular formula is C13H21N3S. The third kappa shape index (κ3) is 2.80. The minimum Gasteiger partial charge on any atom is -0.345 e. The topological polar surface area (TPSA) is 28.2 Å². The highest BCUT2D eigenvalue weighted by Crippen LogP contribution is 2.34. The van der Waals surface area contributed by atoms with E-state index >= 15 is 0 Å². The Hall–Kier alpha value is -0.610. The van der Waals surface area contributed by atoms with Crippen LogP contribution >= 0.6 is 11.3 Å². The Morgan fingerprint density at radius 2 is 2.12 bits per heavy atom. The minimum absolute atomic E-state index is 0.787. The summed E-state index contributed by atoms with van der Waals surface area (Å²) in [6.07, 6.45) is 5.38. The molecule has 0 bridgehead atoms. The maximum atomic E-state index is 4.67. The lowest BCUT2D eigenvalue weighted by atomic mass is 9.97. The molecule has 94 valence electrons.